The Balaban J connectivity index is 2.03. The number of carbonyl (C=O) groups is 1. The van der Waals surface area contributed by atoms with Gasteiger partial charge >= 0.3 is 0 Å². The molecule has 0 heterocycles. The summed E-state index contributed by atoms with van der Waals surface area (Å²) in [4.78, 5) is 10.7. The van der Waals surface area contributed by atoms with Gasteiger partial charge in [-0.2, -0.15) is 0 Å². The molecule has 0 spiro atoms. The second-order valence-electron chi connectivity index (χ2n) is 3.26. The van der Waals surface area contributed by atoms with Crippen molar-refractivity contribution in [3.8, 4) is 5.75 Å². The summed E-state index contributed by atoms with van der Waals surface area (Å²) in [5.74, 6) is 0.494. The van der Waals surface area contributed by atoms with E-state index in [0.29, 0.717) is 23.1 Å². The third-order valence-corrected chi connectivity index (χ3v) is 2.71. The zero-order valence-corrected chi connectivity index (χ0v) is 8.88. The molecule has 0 radical (unpaired) electrons. The van der Waals surface area contributed by atoms with Crippen LogP contribution in [0.4, 0.5) is 4.39 Å². The third-order valence-electron chi connectivity index (χ3n) is 2.10. The molecule has 1 aliphatic rings. The lowest BCUT2D eigenvalue weighted by atomic mass is 9.94. The van der Waals surface area contributed by atoms with Gasteiger partial charge in [-0.3, -0.25) is 4.79 Å². The molecule has 0 N–H and O–H groups in total. The van der Waals surface area contributed by atoms with Crippen LogP contribution in [-0.2, 0) is 4.79 Å². The first kappa shape index (κ1) is 9.65. The van der Waals surface area contributed by atoms with Crippen LogP contribution in [0.3, 0.4) is 0 Å². The van der Waals surface area contributed by atoms with Gasteiger partial charge in [0.15, 0.2) is 0 Å². The van der Waals surface area contributed by atoms with Crippen molar-refractivity contribution in [3.63, 3.8) is 0 Å². The van der Waals surface area contributed by atoms with Crippen LogP contribution in [0.5, 0.6) is 5.75 Å². The predicted molar refractivity (Wildman–Crippen MR) is 52.8 cm³/mol. The summed E-state index contributed by atoms with van der Waals surface area (Å²) in [7, 11) is 0. The van der Waals surface area contributed by atoms with Gasteiger partial charge in [-0.15, -0.1) is 0 Å². The number of halogens is 2. The summed E-state index contributed by atoms with van der Waals surface area (Å²) in [5.41, 5.74) is 0. The molecule has 0 amide bonds. The van der Waals surface area contributed by atoms with E-state index in [1.54, 1.807) is 12.1 Å². The normalized spacial score (nSPS) is 16.6. The molecule has 2 rings (SSSR count). The summed E-state index contributed by atoms with van der Waals surface area (Å²) in [6.07, 6.45) is 0.907. The predicted octanol–water partition coefficient (Wildman–Crippen LogP) is 2.70. The Morgan fingerprint density at radius 2 is 2.14 bits per heavy atom. The minimum Gasteiger partial charge on any atom is -0.489 e. The van der Waals surface area contributed by atoms with Gasteiger partial charge in [0.05, 0.1) is 4.47 Å². The Labute approximate surface area is 89.2 Å². The van der Waals surface area contributed by atoms with E-state index in [1.807, 2.05) is 0 Å². The molecule has 1 fully saturated rings. The van der Waals surface area contributed by atoms with Crippen molar-refractivity contribution in [2.45, 2.75) is 18.9 Å². The molecule has 0 atom stereocenters. The molecule has 14 heavy (non-hydrogen) atoms. The zero-order valence-electron chi connectivity index (χ0n) is 7.30. The number of hydrogen-bond acceptors (Lipinski definition) is 2. The molecule has 0 saturated heterocycles. The van der Waals surface area contributed by atoms with Crippen LogP contribution in [0, 0.1) is 5.82 Å². The average molecular weight is 259 g/mol. The van der Waals surface area contributed by atoms with E-state index in [2.05, 4.69) is 15.9 Å². The van der Waals surface area contributed by atoms with E-state index in [0.717, 1.165) is 0 Å². The Kier molecular flexibility index (Phi) is 2.54. The van der Waals surface area contributed by atoms with Crippen molar-refractivity contribution >= 4 is 21.7 Å². The fourth-order valence-electron chi connectivity index (χ4n) is 1.27. The van der Waals surface area contributed by atoms with Gasteiger partial charge in [-0.1, -0.05) is 0 Å². The largest absolute Gasteiger partial charge is 0.489 e. The monoisotopic (exact) mass is 258 g/mol. The average Bonchev–Trinajstić information content (AvgIpc) is 2.09. The van der Waals surface area contributed by atoms with Gasteiger partial charge in [-0.25, -0.2) is 4.39 Å². The lowest BCUT2D eigenvalue weighted by Crippen LogP contribution is -2.33. The molecule has 1 saturated carbocycles. The smallest absolute Gasteiger partial charge is 0.140 e. The molecular weight excluding hydrogens is 251 g/mol. The van der Waals surface area contributed by atoms with Crippen molar-refractivity contribution in [1.29, 1.82) is 0 Å². The second kappa shape index (κ2) is 3.69. The number of Topliss-reactive ketones (excluding diaryl/α,β-unsaturated/α-hetero) is 1. The van der Waals surface area contributed by atoms with E-state index in [4.69, 9.17) is 4.74 Å². The highest BCUT2D eigenvalue weighted by molar-refractivity contribution is 9.10. The highest BCUT2D eigenvalue weighted by Crippen LogP contribution is 2.26. The Morgan fingerprint density at radius 3 is 2.71 bits per heavy atom. The number of ketones is 1. The number of rotatable bonds is 2. The van der Waals surface area contributed by atoms with Crippen LogP contribution in [-0.4, -0.2) is 11.9 Å². The molecule has 2 nitrogen and oxygen atoms in total. The van der Waals surface area contributed by atoms with E-state index in [1.165, 1.54) is 6.07 Å². The van der Waals surface area contributed by atoms with E-state index < -0.39 is 0 Å². The summed E-state index contributed by atoms with van der Waals surface area (Å²) in [5, 5.41) is 0. The molecule has 1 aromatic rings. The van der Waals surface area contributed by atoms with E-state index in [-0.39, 0.29) is 17.7 Å². The van der Waals surface area contributed by atoms with Gasteiger partial charge < -0.3 is 4.74 Å². The molecule has 1 aliphatic carbocycles. The SMILES string of the molecule is O=C1CC(Oc2ccc(F)c(Br)c2)C1. The third kappa shape index (κ3) is 1.95. The van der Waals surface area contributed by atoms with Crippen LogP contribution < -0.4 is 4.74 Å². The number of carbonyl (C=O) groups excluding carboxylic acids is 1. The standard InChI is InChI=1S/C10H8BrFO2/c11-9-5-7(1-2-10(9)12)14-8-3-6(13)4-8/h1-2,5,8H,3-4H2. The summed E-state index contributed by atoms with van der Waals surface area (Å²) < 4.78 is 18.7. The van der Waals surface area contributed by atoms with Gasteiger partial charge in [0.2, 0.25) is 0 Å². The number of benzene rings is 1. The number of ether oxygens (including phenoxy) is 1. The van der Waals surface area contributed by atoms with Gasteiger partial charge in [0.25, 0.3) is 0 Å². The maximum Gasteiger partial charge on any atom is 0.140 e. The maximum absolute atomic E-state index is 12.8. The molecule has 0 aromatic heterocycles. The first-order valence-electron chi connectivity index (χ1n) is 4.28. The highest BCUT2D eigenvalue weighted by Gasteiger charge is 2.28. The summed E-state index contributed by atoms with van der Waals surface area (Å²) >= 11 is 3.07. The lowest BCUT2D eigenvalue weighted by molar-refractivity contribution is -0.129. The Bertz CT molecular complexity index is 370. The summed E-state index contributed by atoms with van der Waals surface area (Å²) in [6, 6.07) is 4.46. The first-order valence-corrected chi connectivity index (χ1v) is 5.08. The van der Waals surface area contributed by atoms with Gasteiger partial charge in [0, 0.05) is 12.8 Å². The molecule has 1 aromatic carbocycles. The number of hydrogen-bond donors (Lipinski definition) is 0. The molecule has 0 bridgehead atoms. The fraction of sp³-hybridized carbons (Fsp3) is 0.300. The van der Waals surface area contributed by atoms with Crippen molar-refractivity contribution in [1.82, 2.24) is 0 Å². The fourth-order valence-corrected chi connectivity index (χ4v) is 1.63. The quantitative estimate of drug-likeness (QED) is 0.816. The van der Waals surface area contributed by atoms with Crippen molar-refractivity contribution < 1.29 is 13.9 Å². The first-order chi connectivity index (χ1) is 6.65. The topological polar surface area (TPSA) is 26.3 Å². The zero-order chi connectivity index (χ0) is 10.1. The van der Waals surface area contributed by atoms with Crippen LogP contribution in [0.2, 0.25) is 0 Å². The van der Waals surface area contributed by atoms with Crippen molar-refractivity contribution in [2.75, 3.05) is 0 Å². The molecular formula is C10H8BrFO2. The van der Waals surface area contributed by atoms with Crippen LogP contribution >= 0.6 is 15.9 Å². The van der Waals surface area contributed by atoms with Crippen LogP contribution in [0.1, 0.15) is 12.8 Å². The molecule has 74 valence electrons. The van der Waals surface area contributed by atoms with Crippen LogP contribution in [0.15, 0.2) is 22.7 Å². The minimum atomic E-state index is -0.318. The Hall–Kier alpha value is -0.900. The Morgan fingerprint density at radius 1 is 1.43 bits per heavy atom. The van der Waals surface area contributed by atoms with Crippen molar-refractivity contribution in [2.24, 2.45) is 0 Å². The van der Waals surface area contributed by atoms with Gasteiger partial charge in [0.1, 0.15) is 23.5 Å². The molecule has 0 aliphatic heterocycles. The molecule has 0 unspecified atom stereocenters. The van der Waals surface area contributed by atoms with Crippen molar-refractivity contribution in [3.05, 3.63) is 28.5 Å². The van der Waals surface area contributed by atoms with Gasteiger partial charge in [-0.05, 0) is 34.1 Å². The summed E-state index contributed by atoms with van der Waals surface area (Å²) in [6.45, 7) is 0. The minimum absolute atomic E-state index is 0.0279. The second-order valence-corrected chi connectivity index (χ2v) is 4.12. The van der Waals surface area contributed by atoms with E-state index >= 15 is 0 Å². The highest BCUT2D eigenvalue weighted by atomic mass is 79.9. The van der Waals surface area contributed by atoms with E-state index in [9.17, 15) is 9.18 Å². The lowest BCUT2D eigenvalue weighted by Gasteiger charge is -2.25. The van der Waals surface area contributed by atoms with Crippen LogP contribution in [0.25, 0.3) is 0 Å². The maximum atomic E-state index is 12.8. The molecule has 4 heteroatoms.